The second kappa shape index (κ2) is 4.68. The number of aromatic nitrogens is 3. The van der Waals surface area contributed by atoms with Gasteiger partial charge in [0.25, 0.3) is 0 Å². The van der Waals surface area contributed by atoms with Crippen molar-refractivity contribution >= 4 is 27.3 Å². The highest BCUT2D eigenvalue weighted by atomic mass is 79.9. The third kappa shape index (κ3) is 1.97. The van der Waals surface area contributed by atoms with Crippen LogP contribution in [0.25, 0.3) is 5.00 Å². The first-order valence-electron chi connectivity index (χ1n) is 6.55. The van der Waals surface area contributed by atoms with E-state index in [1.165, 1.54) is 10.6 Å². The Morgan fingerprint density at radius 2 is 2.11 bits per heavy atom. The third-order valence-electron chi connectivity index (χ3n) is 3.40. The summed E-state index contributed by atoms with van der Waals surface area (Å²) in [5.74, 6) is 1.91. The number of aryl methyl sites for hydroxylation is 1. The van der Waals surface area contributed by atoms with Crippen LogP contribution in [0.3, 0.4) is 0 Å². The van der Waals surface area contributed by atoms with Gasteiger partial charge in [-0.15, -0.1) is 21.5 Å². The van der Waals surface area contributed by atoms with Gasteiger partial charge in [-0.3, -0.25) is 4.57 Å². The van der Waals surface area contributed by atoms with Crippen LogP contribution < -0.4 is 0 Å². The molecule has 0 aromatic carbocycles. The molecular weight excluding hydrogens is 326 g/mol. The molecule has 4 nitrogen and oxygen atoms in total. The Kier molecular flexibility index (Phi) is 3.27. The van der Waals surface area contributed by atoms with Gasteiger partial charge in [0.2, 0.25) is 0 Å². The molecule has 3 heterocycles. The summed E-state index contributed by atoms with van der Waals surface area (Å²) < 4.78 is 9.32. The Morgan fingerprint density at radius 1 is 1.37 bits per heavy atom. The van der Waals surface area contributed by atoms with Crippen LogP contribution in [0.5, 0.6) is 0 Å². The first-order valence-corrected chi connectivity index (χ1v) is 8.16. The molecule has 0 saturated heterocycles. The predicted molar refractivity (Wildman–Crippen MR) is 78.7 cm³/mol. The molecule has 2 aromatic rings. The van der Waals surface area contributed by atoms with E-state index in [1.807, 2.05) is 20.8 Å². The van der Waals surface area contributed by atoms with Crippen molar-refractivity contribution in [2.75, 3.05) is 0 Å². The van der Waals surface area contributed by atoms with Crippen LogP contribution in [0.1, 0.15) is 43.9 Å². The van der Waals surface area contributed by atoms with E-state index in [9.17, 15) is 0 Å². The van der Waals surface area contributed by atoms with Crippen molar-refractivity contribution < 1.29 is 4.74 Å². The average Bonchev–Trinajstić information content (AvgIpc) is 3.00. The lowest BCUT2D eigenvalue weighted by Gasteiger charge is -2.11. The zero-order chi connectivity index (χ0) is 13.6. The highest BCUT2D eigenvalue weighted by Crippen LogP contribution is 2.52. The van der Waals surface area contributed by atoms with Crippen molar-refractivity contribution in [2.24, 2.45) is 0 Å². The van der Waals surface area contributed by atoms with Gasteiger partial charge < -0.3 is 4.74 Å². The summed E-state index contributed by atoms with van der Waals surface area (Å²) in [6.45, 7) is 6.66. The van der Waals surface area contributed by atoms with Gasteiger partial charge in [-0.1, -0.05) is 13.8 Å². The zero-order valence-corrected chi connectivity index (χ0v) is 13.6. The third-order valence-corrected chi connectivity index (χ3v) is 5.07. The van der Waals surface area contributed by atoms with Crippen molar-refractivity contribution in [2.45, 2.75) is 45.8 Å². The number of nitrogens with zero attached hydrogens (tertiary/aromatic N) is 3. The summed E-state index contributed by atoms with van der Waals surface area (Å²) in [4.78, 5) is 0. The highest BCUT2D eigenvalue weighted by molar-refractivity contribution is 9.11. The van der Waals surface area contributed by atoms with Crippen molar-refractivity contribution in [3.8, 4) is 5.00 Å². The number of hydrogen-bond donors (Lipinski definition) is 0. The Morgan fingerprint density at radius 3 is 2.79 bits per heavy atom. The fourth-order valence-electron chi connectivity index (χ4n) is 2.34. The lowest BCUT2D eigenvalue weighted by Crippen LogP contribution is -2.14. The number of hydrogen-bond acceptors (Lipinski definition) is 4. The zero-order valence-electron chi connectivity index (χ0n) is 11.2. The SMILES string of the molecule is CC.Cc1nnc2n1-c1sc(Br)cc1COC21CC1. The molecule has 0 bridgehead atoms. The lowest BCUT2D eigenvalue weighted by molar-refractivity contribution is 0.0137. The second-order valence-corrected chi connectivity index (χ2v) is 6.98. The quantitative estimate of drug-likeness (QED) is 0.728. The fourth-order valence-corrected chi connectivity index (χ4v) is 4.02. The van der Waals surface area contributed by atoms with Crippen molar-refractivity contribution in [3.05, 3.63) is 27.1 Å². The van der Waals surface area contributed by atoms with Gasteiger partial charge in [0.15, 0.2) is 5.82 Å². The number of ether oxygens (including phenoxy) is 1. The van der Waals surface area contributed by atoms with E-state index in [4.69, 9.17) is 4.74 Å². The smallest absolute Gasteiger partial charge is 0.170 e. The van der Waals surface area contributed by atoms with E-state index in [0.717, 1.165) is 28.3 Å². The summed E-state index contributed by atoms with van der Waals surface area (Å²) in [5, 5.41) is 9.72. The predicted octanol–water partition coefficient (Wildman–Crippen LogP) is 3.95. The molecule has 0 unspecified atom stereocenters. The molecule has 1 aliphatic carbocycles. The summed E-state index contributed by atoms with van der Waals surface area (Å²) in [7, 11) is 0. The van der Waals surface area contributed by atoms with E-state index in [-0.39, 0.29) is 5.60 Å². The number of rotatable bonds is 0. The highest BCUT2D eigenvalue weighted by Gasteiger charge is 2.52. The largest absolute Gasteiger partial charge is 0.362 e. The molecule has 102 valence electrons. The van der Waals surface area contributed by atoms with Crippen molar-refractivity contribution in [3.63, 3.8) is 0 Å². The first-order chi connectivity index (χ1) is 9.20. The summed E-state index contributed by atoms with van der Waals surface area (Å²) >= 11 is 5.25. The van der Waals surface area contributed by atoms with Crippen molar-refractivity contribution in [1.29, 1.82) is 0 Å². The Bertz CT molecular complexity index is 615. The van der Waals surface area contributed by atoms with Gasteiger partial charge >= 0.3 is 0 Å². The van der Waals surface area contributed by atoms with Gasteiger partial charge in [-0.2, -0.15) is 0 Å². The van der Waals surface area contributed by atoms with Crippen LogP contribution in [0.4, 0.5) is 0 Å². The molecule has 1 fully saturated rings. The van der Waals surface area contributed by atoms with Crippen LogP contribution in [0, 0.1) is 6.92 Å². The summed E-state index contributed by atoms with van der Waals surface area (Å²) in [6.07, 6.45) is 2.11. The number of fused-ring (bicyclic) bond motifs is 4. The normalized spacial score (nSPS) is 18.1. The maximum atomic E-state index is 6.04. The van der Waals surface area contributed by atoms with Gasteiger partial charge in [0.05, 0.1) is 10.4 Å². The molecule has 0 N–H and O–H groups in total. The van der Waals surface area contributed by atoms with Crippen LogP contribution in [0.15, 0.2) is 9.85 Å². The molecule has 1 saturated carbocycles. The molecule has 0 amide bonds. The van der Waals surface area contributed by atoms with Gasteiger partial charge in [-0.25, -0.2) is 0 Å². The van der Waals surface area contributed by atoms with E-state index < -0.39 is 0 Å². The molecule has 1 aliphatic heterocycles. The molecule has 2 aliphatic rings. The molecule has 19 heavy (non-hydrogen) atoms. The topological polar surface area (TPSA) is 39.9 Å². The van der Waals surface area contributed by atoms with E-state index in [1.54, 1.807) is 11.3 Å². The Labute approximate surface area is 124 Å². The van der Waals surface area contributed by atoms with E-state index >= 15 is 0 Å². The fraction of sp³-hybridized carbons (Fsp3) is 0.538. The lowest BCUT2D eigenvalue weighted by atomic mass is 10.3. The van der Waals surface area contributed by atoms with Gasteiger partial charge in [-0.05, 0) is 41.8 Å². The first kappa shape index (κ1) is 13.3. The minimum Gasteiger partial charge on any atom is -0.362 e. The van der Waals surface area contributed by atoms with Crippen LogP contribution in [0.2, 0.25) is 0 Å². The van der Waals surface area contributed by atoms with Gasteiger partial charge in [0.1, 0.15) is 16.4 Å². The van der Waals surface area contributed by atoms with Crippen LogP contribution in [-0.4, -0.2) is 14.8 Å². The second-order valence-electron chi connectivity index (χ2n) is 4.57. The number of thiophene rings is 1. The maximum Gasteiger partial charge on any atom is 0.170 e. The Balaban J connectivity index is 0.000000528. The number of halogens is 1. The molecule has 0 radical (unpaired) electrons. The minimum atomic E-state index is -0.160. The maximum absolute atomic E-state index is 6.04. The summed E-state index contributed by atoms with van der Waals surface area (Å²) in [6, 6.07) is 2.13. The molecule has 0 atom stereocenters. The molecule has 1 spiro atoms. The van der Waals surface area contributed by atoms with Crippen molar-refractivity contribution in [1.82, 2.24) is 14.8 Å². The molecular formula is C13H16BrN3OS. The van der Waals surface area contributed by atoms with Crippen LogP contribution >= 0.6 is 27.3 Å². The standard InChI is InChI=1S/C11H10BrN3OS.C2H6/c1-6-13-14-10-11(2-3-11)16-5-7-4-8(12)17-9(7)15(6)10;1-2/h4H,2-3,5H2,1H3;1-2H3. The van der Waals surface area contributed by atoms with E-state index in [2.05, 4.69) is 36.8 Å². The Hall–Kier alpha value is -0.720. The monoisotopic (exact) mass is 341 g/mol. The minimum absolute atomic E-state index is 0.160. The summed E-state index contributed by atoms with van der Waals surface area (Å²) in [5.41, 5.74) is 1.06. The molecule has 6 heteroatoms. The average molecular weight is 342 g/mol. The molecule has 2 aromatic heterocycles. The van der Waals surface area contributed by atoms with Gasteiger partial charge in [0, 0.05) is 5.56 Å². The van der Waals surface area contributed by atoms with E-state index in [0.29, 0.717) is 6.61 Å². The molecule has 4 rings (SSSR count). The van der Waals surface area contributed by atoms with Crippen LogP contribution in [-0.2, 0) is 16.9 Å².